The molecular formula is C18H28N2O2. The highest BCUT2D eigenvalue weighted by Gasteiger charge is 2.29. The molecule has 1 aromatic rings. The summed E-state index contributed by atoms with van der Waals surface area (Å²) < 4.78 is 11.7. The van der Waals surface area contributed by atoms with Crippen molar-refractivity contribution >= 4 is 0 Å². The minimum absolute atomic E-state index is 0.201. The standard InChI is InChI=1S/C18H28N2O2/c1-14(2)22-18-8-4-3-7-16(18)17-12-20(10-9-19-17)15-6-5-11-21-13-15/h3-4,7-8,14-15,17,19H,5-6,9-13H2,1-2H3. The first-order valence-electron chi connectivity index (χ1n) is 8.55. The first-order chi connectivity index (χ1) is 10.7. The SMILES string of the molecule is CC(C)Oc1ccccc1C1CN(C2CCCOC2)CCN1. The number of para-hydroxylation sites is 1. The van der Waals surface area contributed by atoms with Crippen LogP contribution in [0.4, 0.5) is 0 Å². The summed E-state index contributed by atoms with van der Waals surface area (Å²) in [5, 5.41) is 3.66. The van der Waals surface area contributed by atoms with Gasteiger partial charge < -0.3 is 14.8 Å². The normalized spacial score (nSPS) is 27.0. The summed E-state index contributed by atoms with van der Waals surface area (Å²) in [6.45, 7) is 9.14. The fraction of sp³-hybridized carbons (Fsp3) is 0.667. The number of nitrogens with zero attached hydrogens (tertiary/aromatic N) is 1. The summed E-state index contributed by atoms with van der Waals surface area (Å²) in [4.78, 5) is 2.59. The van der Waals surface area contributed by atoms with Crippen LogP contribution in [0.3, 0.4) is 0 Å². The molecule has 0 bridgehead atoms. The van der Waals surface area contributed by atoms with Gasteiger partial charge in [-0.2, -0.15) is 0 Å². The van der Waals surface area contributed by atoms with E-state index in [1.165, 1.54) is 18.4 Å². The molecule has 1 aromatic carbocycles. The largest absolute Gasteiger partial charge is 0.491 e. The van der Waals surface area contributed by atoms with Gasteiger partial charge in [0.1, 0.15) is 5.75 Å². The van der Waals surface area contributed by atoms with Gasteiger partial charge in [0, 0.05) is 43.9 Å². The average molecular weight is 304 g/mol. The van der Waals surface area contributed by atoms with Gasteiger partial charge in [0.05, 0.1) is 12.7 Å². The molecule has 2 saturated heterocycles. The van der Waals surface area contributed by atoms with Crippen molar-refractivity contribution in [1.82, 2.24) is 10.2 Å². The molecule has 4 heteroatoms. The monoisotopic (exact) mass is 304 g/mol. The molecule has 4 nitrogen and oxygen atoms in total. The average Bonchev–Trinajstić information content (AvgIpc) is 2.56. The van der Waals surface area contributed by atoms with Crippen molar-refractivity contribution in [2.24, 2.45) is 0 Å². The Morgan fingerprint density at radius 1 is 1.32 bits per heavy atom. The van der Waals surface area contributed by atoms with Gasteiger partial charge in [-0.05, 0) is 32.8 Å². The van der Waals surface area contributed by atoms with E-state index in [1.54, 1.807) is 0 Å². The highest BCUT2D eigenvalue weighted by molar-refractivity contribution is 5.36. The first-order valence-corrected chi connectivity index (χ1v) is 8.55. The predicted octanol–water partition coefficient (Wildman–Crippen LogP) is 2.60. The highest BCUT2D eigenvalue weighted by atomic mass is 16.5. The van der Waals surface area contributed by atoms with Crippen LogP contribution < -0.4 is 10.1 Å². The van der Waals surface area contributed by atoms with Crippen molar-refractivity contribution in [1.29, 1.82) is 0 Å². The number of hydrogen-bond donors (Lipinski definition) is 1. The maximum absolute atomic E-state index is 6.00. The summed E-state index contributed by atoms with van der Waals surface area (Å²) in [6, 6.07) is 9.35. The fourth-order valence-electron chi connectivity index (χ4n) is 3.45. The Kier molecular flexibility index (Phi) is 5.34. The molecule has 2 aliphatic rings. The zero-order valence-electron chi connectivity index (χ0n) is 13.8. The maximum atomic E-state index is 6.00. The molecule has 22 heavy (non-hydrogen) atoms. The van der Waals surface area contributed by atoms with Gasteiger partial charge in [0.15, 0.2) is 0 Å². The molecule has 3 rings (SSSR count). The van der Waals surface area contributed by atoms with Crippen LogP contribution >= 0.6 is 0 Å². The van der Waals surface area contributed by atoms with E-state index in [-0.39, 0.29) is 6.10 Å². The zero-order chi connectivity index (χ0) is 15.4. The Balaban J connectivity index is 1.71. The van der Waals surface area contributed by atoms with Crippen molar-refractivity contribution < 1.29 is 9.47 Å². The van der Waals surface area contributed by atoms with Gasteiger partial charge in [-0.25, -0.2) is 0 Å². The lowest BCUT2D eigenvalue weighted by atomic mass is 10.0. The molecule has 1 N–H and O–H groups in total. The molecule has 2 aliphatic heterocycles. The number of rotatable bonds is 4. The Morgan fingerprint density at radius 3 is 2.95 bits per heavy atom. The number of benzene rings is 1. The summed E-state index contributed by atoms with van der Waals surface area (Å²) in [5.74, 6) is 1.01. The second-order valence-corrected chi connectivity index (χ2v) is 6.58. The van der Waals surface area contributed by atoms with Crippen LogP contribution in [0, 0.1) is 0 Å². The van der Waals surface area contributed by atoms with E-state index >= 15 is 0 Å². The van der Waals surface area contributed by atoms with E-state index in [9.17, 15) is 0 Å². The molecule has 2 unspecified atom stereocenters. The number of piperazine rings is 1. The third-order valence-electron chi connectivity index (χ3n) is 4.52. The van der Waals surface area contributed by atoms with E-state index < -0.39 is 0 Å². The molecule has 2 fully saturated rings. The number of hydrogen-bond acceptors (Lipinski definition) is 4. The van der Waals surface area contributed by atoms with Crippen molar-refractivity contribution in [2.75, 3.05) is 32.8 Å². The first kappa shape index (κ1) is 15.8. The van der Waals surface area contributed by atoms with Crippen LogP contribution in [0.5, 0.6) is 5.75 Å². The minimum Gasteiger partial charge on any atom is -0.491 e. The Hall–Kier alpha value is -1.10. The Morgan fingerprint density at radius 2 is 2.18 bits per heavy atom. The third-order valence-corrected chi connectivity index (χ3v) is 4.52. The molecule has 0 aliphatic carbocycles. The van der Waals surface area contributed by atoms with Crippen LogP contribution in [-0.4, -0.2) is 49.9 Å². The Bertz CT molecular complexity index is 472. The fourth-order valence-corrected chi connectivity index (χ4v) is 3.45. The quantitative estimate of drug-likeness (QED) is 0.927. The zero-order valence-corrected chi connectivity index (χ0v) is 13.8. The summed E-state index contributed by atoms with van der Waals surface area (Å²) in [5.41, 5.74) is 1.28. The van der Waals surface area contributed by atoms with Crippen molar-refractivity contribution in [2.45, 2.75) is 44.9 Å². The highest BCUT2D eigenvalue weighted by Crippen LogP contribution is 2.29. The lowest BCUT2D eigenvalue weighted by Crippen LogP contribution is -2.52. The molecule has 0 amide bonds. The van der Waals surface area contributed by atoms with Gasteiger partial charge in [-0.3, -0.25) is 4.90 Å². The molecule has 122 valence electrons. The van der Waals surface area contributed by atoms with E-state index in [0.29, 0.717) is 12.1 Å². The van der Waals surface area contributed by atoms with E-state index in [2.05, 4.69) is 48.3 Å². The molecule has 2 atom stereocenters. The maximum Gasteiger partial charge on any atom is 0.124 e. The third kappa shape index (κ3) is 3.80. The van der Waals surface area contributed by atoms with E-state index in [0.717, 1.165) is 38.6 Å². The molecule has 0 spiro atoms. The molecule has 0 aromatic heterocycles. The second kappa shape index (κ2) is 7.44. The van der Waals surface area contributed by atoms with Crippen molar-refractivity contribution in [3.63, 3.8) is 0 Å². The molecule has 2 heterocycles. The van der Waals surface area contributed by atoms with Crippen LogP contribution in [0.25, 0.3) is 0 Å². The smallest absolute Gasteiger partial charge is 0.124 e. The lowest BCUT2D eigenvalue weighted by Gasteiger charge is -2.40. The van der Waals surface area contributed by atoms with Crippen LogP contribution in [0.1, 0.15) is 38.3 Å². The Labute approximate surface area is 133 Å². The van der Waals surface area contributed by atoms with Crippen molar-refractivity contribution in [3.05, 3.63) is 29.8 Å². The van der Waals surface area contributed by atoms with E-state index in [4.69, 9.17) is 9.47 Å². The lowest BCUT2D eigenvalue weighted by molar-refractivity contribution is 0.00695. The summed E-state index contributed by atoms with van der Waals surface area (Å²) >= 11 is 0. The van der Waals surface area contributed by atoms with Crippen LogP contribution in [-0.2, 0) is 4.74 Å². The predicted molar refractivity (Wildman–Crippen MR) is 88.4 cm³/mol. The second-order valence-electron chi connectivity index (χ2n) is 6.58. The van der Waals surface area contributed by atoms with Gasteiger partial charge >= 0.3 is 0 Å². The van der Waals surface area contributed by atoms with Gasteiger partial charge in [-0.1, -0.05) is 18.2 Å². The number of nitrogens with one attached hydrogen (secondary N) is 1. The minimum atomic E-state index is 0.201. The summed E-state index contributed by atoms with van der Waals surface area (Å²) in [7, 11) is 0. The molecular weight excluding hydrogens is 276 g/mol. The van der Waals surface area contributed by atoms with E-state index in [1.807, 2.05) is 0 Å². The van der Waals surface area contributed by atoms with Gasteiger partial charge in [-0.15, -0.1) is 0 Å². The van der Waals surface area contributed by atoms with Crippen LogP contribution in [0.15, 0.2) is 24.3 Å². The topological polar surface area (TPSA) is 33.7 Å². The van der Waals surface area contributed by atoms with Crippen LogP contribution in [0.2, 0.25) is 0 Å². The van der Waals surface area contributed by atoms with Gasteiger partial charge in [0.2, 0.25) is 0 Å². The molecule has 0 radical (unpaired) electrons. The van der Waals surface area contributed by atoms with Crippen molar-refractivity contribution in [3.8, 4) is 5.75 Å². The molecule has 0 saturated carbocycles. The number of ether oxygens (including phenoxy) is 2. The van der Waals surface area contributed by atoms with Gasteiger partial charge in [0.25, 0.3) is 0 Å². The summed E-state index contributed by atoms with van der Waals surface area (Å²) in [6.07, 6.45) is 2.65.